The van der Waals surface area contributed by atoms with Gasteiger partial charge in [-0.05, 0) is 36.1 Å². The zero-order valence-corrected chi connectivity index (χ0v) is 17.1. The van der Waals surface area contributed by atoms with E-state index in [9.17, 15) is 14.4 Å². The summed E-state index contributed by atoms with van der Waals surface area (Å²) in [4.78, 5) is 39.4. The first-order chi connectivity index (χ1) is 14.5. The number of nitrogens with zero attached hydrogens (tertiary/aromatic N) is 3. The van der Waals surface area contributed by atoms with Crippen LogP contribution in [0.2, 0.25) is 0 Å². The molecule has 3 aromatic rings. The highest BCUT2D eigenvalue weighted by atomic mass is 16.2. The fraction of sp³-hybridized carbons (Fsp3) is 0.348. The zero-order chi connectivity index (χ0) is 21.1. The standard InChI is InChI=1S/C23H26N4O3/c1-25-19-9-4-5-10-20(19)27(23(30)22(25)29)16-21(28)24-12-6-13-26-14-11-17-7-2-3-8-18(17)15-26/h2-5,7-10H,6,11-16H2,1H3,(H,24,28). The van der Waals surface area contributed by atoms with Crippen LogP contribution in [-0.2, 0) is 31.4 Å². The number of benzene rings is 2. The van der Waals surface area contributed by atoms with Crippen LogP contribution in [0.4, 0.5) is 0 Å². The quantitative estimate of drug-likeness (QED) is 0.494. The Morgan fingerprint density at radius 2 is 1.67 bits per heavy atom. The van der Waals surface area contributed by atoms with Crippen molar-refractivity contribution in [2.75, 3.05) is 19.6 Å². The molecule has 7 nitrogen and oxygen atoms in total. The molecule has 2 heterocycles. The number of aryl methyl sites for hydroxylation is 1. The van der Waals surface area contributed by atoms with E-state index in [2.05, 4.69) is 34.5 Å². The molecular weight excluding hydrogens is 380 g/mol. The minimum atomic E-state index is -0.682. The molecule has 30 heavy (non-hydrogen) atoms. The SMILES string of the molecule is Cn1c(=O)c(=O)n(CC(=O)NCCCN2CCc3ccccc3C2)c2ccccc21. The van der Waals surface area contributed by atoms with Crippen molar-refractivity contribution in [1.82, 2.24) is 19.4 Å². The highest BCUT2D eigenvalue weighted by molar-refractivity contribution is 5.80. The van der Waals surface area contributed by atoms with Crippen LogP contribution >= 0.6 is 0 Å². The van der Waals surface area contributed by atoms with Crippen LogP contribution in [0.5, 0.6) is 0 Å². The van der Waals surface area contributed by atoms with Crippen molar-refractivity contribution in [3.8, 4) is 0 Å². The number of nitrogens with one attached hydrogen (secondary N) is 1. The van der Waals surface area contributed by atoms with E-state index in [0.29, 0.717) is 17.6 Å². The van der Waals surface area contributed by atoms with Gasteiger partial charge in [-0.25, -0.2) is 0 Å². The first-order valence-electron chi connectivity index (χ1n) is 10.3. The molecule has 156 valence electrons. The molecule has 1 aliphatic rings. The molecule has 0 bridgehead atoms. The number of hydrogen-bond donors (Lipinski definition) is 1. The van der Waals surface area contributed by atoms with Gasteiger partial charge < -0.3 is 9.88 Å². The summed E-state index contributed by atoms with van der Waals surface area (Å²) in [5.41, 5.74) is 2.69. The van der Waals surface area contributed by atoms with Gasteiger partial charge in [0, 0.05) is 33.2 Å². The summed E-state index contributed by atoms with van der Waals surface area (Å²) in [6, 6.07) is 15.6. The fourth-order valence-corrected chi connectivity index (χ4v) is 4.09. The van der Waals surface area contributed by atoms with Crippen LogP contribution in [0.15, 0.2) is 58.1 Å². The normalized spacial score (nSPS) is 13.9. The number of carbonyl (C=O) groups is 1. The zero-order valence-electron chi connectivity index (χ0n) is 17.1. The highest BCUT2D eigenvalue weighted by Crippen LogP contribution is 2.18. The van der Waals surface area contributed by atoms with Gasteiger partial charge in [-0.1, -0.05) is 36.4 Å². The van der Waals surface area contributed by atoms with E-state index in [-0.39, 0.29) is 12.5 Å². The molecule has 1 amide bonds. The summed E-state index contributed by atoms with van der Waals surface area (Å²) in [6.45, 7) is 3.25. The van der Waals surface area contributed by atoms with Crippen molar-refractivity contribution >= 4 is 16.9 Å². The third-order valence-electron chi connectivity index (χ3n) is 5.75. The number of hydrogen-bond acceptors (Lipinski definition) is 4. The van der Waals surface area contributed by atoms with E-state index < -0.39 is 11.1 Å². The van der Waals surface area contributed by atoms with E-state index >= 15 is 0 Å². The van der Waals surface area contributed by atoms with E-state index in [1.807, 2.05) is 0 Å². The van der Waals surface area contributed by atoms with Gasteiger partial charge in [0.15, 0.2) is 0 Å². The molecule has 0 aliphatic carbocycles. The van der Waals surface area contributed by atoms with E-state index in [1.165, 1.54) is 20.3 Å². The molecule has 0 saturated heterocycles. The maximum atomic E-state index is 12.4. The van der Waals surface area contributed by atoms with Crippen LogP contribution in [-0.4, -0.2) is 39.6 Å². The predicted molar refractivity (Wildman–Crippen MR) is 116 cm³/mol. The largest absolute Gasteiger partial charge is 0.355 e. The smallest absolute Gasteiger partial charge is 0.317 e. The van der Waals surface area contributed by atoms with Crippen molar-refractivity contribution in [2.45, 2.75) is 25.9 Å². The summed E-state index contributed by atoms with van der Waals surface area (Å²) >= 11 is 0. The molecule has 1 N–H and O–H groups in total. The Morgan fingerprint density at radius 1 is 0.967 bits per heavy atom. The van der Waals surface area contributed by atoms with E-state index in [0.717, 1.165) is 32.5 Å². The molecule has 0 spiro atoms. The molecule has 0 unspecified atom stereocenters. The Kier molecular flexibility index (Phi) is 5.81. The van der Waals surface area contributed by atoms with Crippen molar-refractivity contribution in [2.24, 2.45) is 7.05 Å². The van der Waals surface area contributed by atoms with Crippen molar-refractivity contribution < 1.29 is 4.79 Å². The first kappa shape index (κ1) is 20.1. The van der Waals surface area contributed by atoms with Gasteiger partial charge in [-0.3, -0.25) is 23.9 Å². The molecule has 0 fully saturated rings. The van der Waals surface area contributed by atoms with Crippen LogP contribution in [0.3, 0.4) is 0 Å². The Morgan fingerprint density at radius 3 is 2.47 bits per heavy atom. The minimum absolute atomic E-state index is 0.160. The van der Waals surface area contributed by atoms with Gasteiger partial charge in [-0.2, -0.15) is 0 Å². The molecular formula is C23H26N4O3. The fourth-order valence-electron chi connectivity index (χ4n) is 4.09. The van der Waals surface area contributed by atoms with Gasteiger partial charge in [0.25, 0.3) is 0 Å². The predicted octanol–water partition coefficient (Wildman–Crippen LogP) is 1.26. The van der Waals surface area contributed by atoms with Gasteiger partial charge in [0.1, 0.15) is 6.54 Å². The Hall–Kier alpha value is -3.19. The number of rotatable bonds is 6. The van der Waals surface area contributed by atoms with Gasteiger partial charge in [0.05, 0.1) is 11.0 Å². The van der Waals surface area contributed by atoms with Crippen LogP contribution in [0.25, 0.3) is 11.0 Å². The number of carbonyl (C=O) groups excluding carboxylic acids is 1. The lowest BCUT2D eigenvalue weighted by Gasteiger charge is -2.28. The average Bonchev–Trinajstić information content (AvgIpc) is 2.78. The minimum Gasteiger partial charge on any atom is -0.355 e. The molecule has 0 saturated carbocycles. The Labute approximate surface area is 174 Å². The van der Waals surface area contributed by atoms with Crippen molar-refractivity contribution in [3.63, 3.8) is 0 Å². The lowest BCUT2D eigenvalue weighted by atomic mass is 10.00. The maximum Gasteiger partial charge on any atom is 0.317 e. The van der Waals surface area contributed by atoms with Crippen LogP contribution < -0.4 is 16.4 Å². The lowest BCUT2D eigenvalue weighted by Crippen LogP contribution is -2.43. The molecule has 0 radical (unpaired) electrons. The maximum absolute atomic E-state index is 12.4. The highest BCUT2D eigenvalue weighted by Gasteiger charge is 2.16. The number of amides is 1. The summed E-state index contributed by atoms with van der Waals surface area (Å²) in [5.74, 6) is -0.264. The molecule has 1 aromatic heterocycles. The summed E-state index contributed by atoms with van der Waals surface area (Å²) in [5, 5.41) is 2.88. The van der Waals surface area contributed by atoms with Crippen molar-refractivity contribution in [3.05, 3.63) is 80.4 Å². The molecule has 0 atom stereocenters. The van der Waals surface area contributed by atoms with Gasteiger partial charge in [-0.15, -0.1) is 0 Å². The molecule has 4 rings (SSSR count). The molecule has 1 aliphatic heterocycles. The number of fused-ring (bicyclic) bond motifs is 2. The average molecular weight is 406 g/mol. The molecule has 7 heteroatoms. The lowest BCUT2D eigenvalue weighted by molar-refractivity contribution is -0.121. The summed E-state index contributed by atoms with van der Waals surface area (Å²) < 4.78 is 2.58. The Bertz CT molecular complexity index is 1200. The molecule has 2 aromatic carbocycles. The van der Waals surface area contributed by atoms with Crippen LogP contribution in [0, 0.1) is 0 Å². The number of para-hydroxylation sites is 2. The first-order valence-corrected chi connectivity index (χ1v) is 10.3. The Balaban J connectivity index is 1.33. The second kappa shape index (κ2) is 8.67. The topological polar surface area (TPSA) is 76.3 Å². The summed E-state index contributed by atoms with van der Waals surface area (Å²) in [7, 11) is 1.56. The van der Waals surface area contributed by atoms with Crippen LogP contribution in [0.1, 0.15) is 17.5 Å². The van der Waals surface area contributed by atoms with Gasteiger partial charge >= 0.3 is 11.1 Å². The monoisotopic (exact) mass is 406 g/mol. The number of aromatic nitrogens is 2. The second-order valence-electron chi connectivity index (χ2n) is 7.74. The van der Waals surface area contributed by atoms with E-state index in [4.69, 9.17) is 0 Å². The van der Waals surface area contributed by atoms with Crippen molar-refractivity contribution in [1.29, 1.82) is 0 Å². The third-order valence-corrected chi connectivity index (χ3v) is 5.75. The van der Waals surface area contributed by atoms with Gasteiger partial charge in [0.2, 0.25) is 5.91 Å². The van der Waals surface area contributed by atoms with E-state index in [1.54, 1.807) is 31.3 Å². The third kappa shape index (κ3) is 4.07. The second-order valence-corrected chi connectivity index (χ2v) is 7.74. The summed E-state index contributed by atoms with van der Waals surface area (Å²) in [6.07, 6.45) is 1.89.